The van der Waals surface area contributed by atoms with Crippen LogP contribution in [0.5, 0.6) is 0 Å². The number of hydrogen-bond acceptors (Lipinski definition) is 6. The summed E-state index contributed by atoms with van der Waals surface area (Å²) in [6, 6.07) is 0. The topological polar surface area (TPSA) is 78.9 Å². The van der Waals surface area contributed by atoms with E-state index >= 15 is 0 Å². The Bertz CT molecular complexity index is 1530. The van der Waals surface area contributed by atoms with Crippen LogP contribution in [0.25, 0.3) is 0 Å². The van der Waals surface area contributed by atoms with Crippen molar-refractivity contribution in [1.29, 1.82) is 0 Å². The molecule has 0 spiro atoms. The van der Waals surface area contributed by atoms with Crippen LogP contribution < -0.4 is 0 Å². The lowest BCUT2D eigenvalue weighted by Crippen LogP contribution is -2.30. The Morgan fingerprint density at radius 2 is 0.494 bits per heavy atom. The van der Waals surface area contributed by atoms with Crippen molar-refractivity contribution >= 4 is 17.9 Å². The van der Waals surface area contributed by atoms with Crippen molar-refractivity contribution in [3.05, 3.63) is 85.1 Å². The molecule has 468 valence electrons. The van der Waals surface area contributed by atoms with Crippen molar-refractivity contribution in [2.24, 2.45) is 0 Å². The van der Waals surface area contributed by atoms with Gasteiger partial charge in [-0.05, 0) is 109 Å². The molecule has 0 N–H and O–H groups in total. The van der Waals surface area contributed by atoms with E-state index in [2.05, 4.69) is 106 Å². The van der Waals surface area contributed by atoms with Gasteiger partial charge in [-0.1, -0.05) is 311 Å². The van der Waals surface area contributed by atoms with Gasteiger partial charge in [0.1, 0.15) is 13.2 Å². The first-order valence-corrected chi connectivity index (χ1v) is 35.1. The second kappa shape index (κ2) is 69.1. The summed E-state index contributed by atoms with van der Waals surface area (Å²) in [5.41, 5.74) is 0. The summed E-state index contributed by atoms with van der Waals surface area (Å²) in [5.74, 6) is -0.871. The van der Waals surface area contributed by atoms with Crippen molar-refractivity contribution in [2.75, 3.05) is 13.2 Å². The molecule has 0 amide bonds. The highest BCUT2D eigenvalue weighted by molar-refractivity contribution is 5.71. The molecule has 1 atom stereocenters. The Morgan fingerprint density at radius 3 is 0.802 bits per heavy atom. The second-order valence-corrected chi connectivity index (χ2v) is 23.4. The van der Waals surface area contributed by atoms with Crippen LogP contribution in [0.1, 0.15) is 355 Å². The number of ether oxygens (including phenoxy) is 3. The van der Waals surface area contributed by atoms with E-state index in [1.54, 1.807) is 0 Å². The molecule has 0 aromatic heterocycles. The molecule has 0 aliphatic rings. The standard InChI is InChI=1S/C75H132O6/c1-4-7-10-13-16-19-22-24-26-28-30-32-34-36-37-39-40-42-44-46-48-50-53-56-59-62-65-68-74(77)80-71-72(70-79-73(76)67-64-61-58-55-52-21-18-15-12-9-6-3)81-75(78)69-66-63-60-57-54-51-49-47-45-43-41-38-35-33-31-29-27-25-23-20-17-14-11-8-5-2/h7,10,15-16,18-19,23-26,29-32,72H,4-6,8-9,11-14,17,20-22,27-28,33-71H2,1-3H3/b10-7-,18-15-,19-16-,25-23-,26-24-,31-29-,32-30-. The molecule has 0 fully saturated rings. The maximum atomic E-state index is 12.9. The Labute approximate surface area is 503 Å². The van der Waals surface area contributed by atoms with Crippen LogP contribution in [0.4, 0.5) is 0 Å². The van der Waals surface area contributed by atoms with E-state index in [1.165, 1.54) is 218 Å². The lowest BCUT2D eigenvalue weighted by molar-refractivity contribution is -0.167. The molecule has 1 unspecified atom stereocenters. The molecule has 0 heterocycles. The van der Waals surface area contributed by atoms with E-state index in [9.17, 15) is 14.4 Å². The Morgan fingerprint density at radius 1 is 0.259 bits per heavy atom. The molecule has 0 aromatic rings. The van der Waals surface area contributed by atoms with Gasteiger partial charge in [-0.15, -0.1) is 0 Å². The molecule has 6 nitrogen and oxygen atoms in total. The van der Waals surface area contributed by atoms with Crippen molar-refractivity contribution in [3.8, 4) is 0 Å². The Kier molecular flexibility index (Phi) is 66.2. The van der Waals surface area contributed by atoms with E-state index in [1.807, 2.05) is 0 Å². The molecule has 0 saturated carbocycles. The number of hydrogen-bond donors (Lipinski definition) is 0. The maximum Gasteiger partial charge on any atom is 0.306 e. The largest absolute Gasteiger partial charge is 0.462 e. The first-order valence-electron chi connectivity index (χ1n) is 35.1. The van der Waals surface area contributed by atoms with Crippen molar-refractivity contribution in [1.82, 2.24) is 0 Å². The smallest absolute Gasteiger partial charge is 0.306 e. The van der Waals surface area contributed by atoms with Gasteiger partial charge >= 0.3 is 17.9 Å². The van der Waals surface area contributed by atoms with Crippen LogP contribution in [0.3, 0.4) is 0 Å². The molecule has 0 rings (SSSR count). The third-order valence-corrected chi connectivity index (χ3v) is 15.4. The van der Waals surface area contributed by atoms with E-state index in [4.69, 9.17) is 14.2 Å². The molecule has 0 bridgehead atoms. The zero-order chi connectivity index (χ0) is 58.5. The van der Waals surface area contributed by atoms with Gasteiger partial charge < -0.3 is 14.2 Å². The molecule has 0 aliphatic carbocycles. The van der Waals surface area contributed by atoms with Gasteiger partial charge in [0.2, 0.25) is 0 Å². The van der Waals surface area contributed by atoms with Gasteiger partial charge in [0.05, 0.1) is 0 Å². The van der Waals surface area contributed by atoms with Gasteiger partial charge in [0.15, 0.2) is 6.10 Å². The SMILES string of the molecule is CC/C=C\C/C=C\C/C=C\C/C=C\CCCCCCCCCCCCCCCCC(=O)OCC(COC(=O)CCCCCCC/C=C\CCCC)OC(=O)CCCCCCCCCCCCCCC/C=C\C/C=C\CCCCCCC. The third kappa shape index (κ3) is 67.3. The third-order valence-electron chi connectivity index (χ3n) is 15.4. The molecule has 6 heteroatoms. The van der Waals surface area contributed by atoms with E-state index in [-0.39, 0.29) is 31.1 Å². The quantitative estimate of drug-likeness (QED) is 0.0261. The van der Waals surface area contributed by atoms with Crippen LogP contribution in [0, 0.1) is 0 Å². The van der Waals surface area contributed by atoms with E-state index < -0.39 is 6.10 Å². The minimum absolute atomic E-state index is 0.0767. The number of rotatable bonds is 64. The second-order valence-electron chi connectivity index (χ2n) is 23.4. The first-order chi connectivity index (χ1) is 40.0. The predicted molar refractivity (Wildman–Crippen MR) is 353 cm³/mol. The van der Waals surface area contributed by atoms with Crippen LogP contribution >= 0.6 is 0 Å². The average molecular weight is 1130 g/mol. The molecule has 81 heavy (non-hydrogen) atoms. The zero-order valence-corrected chi connectivity index (χ0v) is 53.8. The molecule has 0 aliphatic heterocycles. The van der Waals surface area contributed by atoms with Crippen LogP contribution in [0.2, 0.25) is 0 Å². The average Bonchev–Trinajstić information content (AvgIpc) is 3.47. The normalized spacial score (nSPS) is 12.6. The number of unbranched alkanes of at least 4 members (excludes halogenated alkanes) is 39. The monoisotopic (exact) mass is 1130 g/mol. The number of allylic oxidation sites excluding steroid dienone is 14. The summed E-state index contributed by atoms with van der Waals surface area (Å²) < 4.78 is 17.0. The summed E-state index contributed by atoms with van der Waals surface area (Å²) in [6.07, 6.45) is 91.9. The fourth-order valence-corrected chi connectivity index (χ4v) is 10.1. The van der Waals surface area contributed by atoms with E-state index in [0.717, 1.165) is 96.3 Å². The summed E-state index contributed by atoms with van der Waals surface area (Å²) >= 11 is 0. The van der Waals surface area contributed by atoms with Gasteiger partial charge in [0, 0.05) is 19.3 Å². The van der Waals surface area contributed by atoms with Gasteiger partial charge in [-0.3, -0.25) is 14.4 Å². The van der Waals surface area contributed by atoms with E-state index in [0.29, 0.717) is 19.3 Å². The molecule has 0 aromatic carbocycles. The zero-order valence-electron chi connectivity index (χ0n) is 53.8. The number of carbonyl (C=O) groups excluding carboxylic acids is 3. The Hall–Kier alpha value is -3.41. The van der Waals surface area contributed by atoms with Gasteiger partial charge in [-0.2, -0.15) is 0 Å². The molecule has 0 saturated heterocycles. The van der Waals surface area contributed by atoms with Crippen molar-refractivity contribution < 1.29 is 28.6 Å². The summed E-state index contributed by atoms with van der Waals surface area (Å²) in [6.45, 7) is 6.52. The van der Waals surface area contributed by atoms with Crippen LogP contribution in [-0.2, 0) is 28.6 Å². The van der Waals surface area contributed by atoms with Crippen LogP contribution in [0.15, 0.2) is 85.1 Å². The Balaban J connectivity index is 4.21. The molecular formula is C75H132O6. The first kappa shape index (κ1) is 77.6. The minimum atomic E-state index is -0.780. The van der Waals surface area contributed by atoms with Gasteiger partial charge in [-0.25, -0.2) is 0 Å². The molecule has 0 radical (unpaired) electrons. The highest BCUT2D eigenvalue weighted by Gasteiger charge is 2.19. The highest BCUT2D eigenvalue weighted by Crippen LogP contribution is 2.17. The fraction of sp³-hybridized carbons (Fsp3) is 0.773. The van der Waals surface area contributed by atoms with Crippen molar-refractivity contribution in [3.63, 3.8) is 0 Å². The lowest BCUT2D eigenvalue weighted by Gasteiger charge is -2.18. The minimum Gasteiger partial charge on any atom is -0.462 e. The molecular weight excluding hydrogens is 997 g/mol. The lowest BCUT2D eigenvalue weighted by atomic mass is 10.0. The van der Waals surface area contributed by atoms with Crippen molar-refractivity contribution in [2.45, 2.75) is 361 Å². The summed E-state index contributed by atoms with van der Waals surface area (Å²) in [5, 5.41) is 0. The van der Waals surface area contributed by atoms with Crippen LogP contribution in [-0.4, -0.2) is 37.2 Å². The fourth-order valence-electron chi connectivity index (χ4n) is 10.1. The highest BCUT2D eigenvalue weighted by atomic mass is 16.6. The van der Waals surface area contributed by atoms with Gasteiger partial charge in [0.25, 0.3) is 0 Å². The summed E-state index contributed by atoms with van der Waals surface area (Å²) in [4.78, 5) is 38.4. The maximum absolute atomic E-state index is 12.9. The number of esters is 3. The number of carbonyl (C=O) groups is 3. The summed E-state index contributed by atoms with van der Waals surface area (Å²) in [7, 11) is 0. The predicted octanol–water partition coefficient (Wildman–Crippen LogP) is 24.2.